The third kappa shape index (κ3) is 3.47. The van der Waals surface area contributed by atoms with Gasteiger partial charge < -0.3 is 0 Å². The highest BCUT2D eigenvalue weighted by molar-refractivity contribution is 9.08. The van der Waals surface area contributed by atoms with Crippen LogP contribution in [0.3, 0.4) is 0 Å². The lowest BCUT2D eigenvalue weighted by Crippen LogP contribution is -2.39. The van der Waals surface area contributed by atoms with Crippen LogP contribution in [0.2, 0.25) is 0 Å². The third-order valence-corrected chi connectivity index (χ3v) is 4.46. The summed E-state index contributed by atoms with van der Waals surface area (Å²) in [7, 11) is 0. The van der Waals surface area contributed by atoms with E-state index in [4.69, 9.17) is 0 Å². The normalized spacial score (nSPS) is 23.4. The molecule has 0 saturated carbocycles. The molecule has 1 heterocycles. The molecule has 0 aromatic heterocycles. The van der Waals surface area contributed by atoms with Crippen molar-refractivity contribution < 1.29 is 9.18 Å². The number of halogens is 2. The highest BCUT2D eigenvalue weighted by atomic mass is 79.9. The minimum atomic E-state index is -1.65. The minimum Gasteiger partial charge on any atom is -0.296 e. The number of rotatable bonds is 5. The van der Waals surface area contributed by atoms with Gasteiger partial charge >= 0.3 is 0 Å². The van der Waals surface area contributed by atoms with Gasteiger partial charge in [-0.1, -0.05) is 54.0 Å². The molecule has 1 atom stereocenters. The van der Waals surface area contributed by atoms with Crippen molar-refractivity contribution in [2.24, 2.45) is 5.92 Å². The molecule has 1 saturated heterocycles. The lowest BCUT2D eigenvalue weighted by molar-refractivity contribution is -0.133. The van der Waals surface area contributed by atoms with Crippen molar-refractivity contribution in [3.05, 3.63) is 35.4 Å². The topological polar surface area (TPSA) is 20.3 Å². The van der Waals surface area contributed by atoms with Crippen LogP contribution < -0.4 is 0 Å². The molecule has 1 aromatic rings. The Bertz CT molecular complexity index is 491. The summed E-state index contributed by atoms with van der Waals surface area (Å²) in [6.07, 6.45) is 0.322. The highest BCUT2D eigenvalue weighted by Crippen LogP contribution is 2.30. The molecule has 0 spiro atoms. The summed E-state index contributed by atoms with van der Waals surface area (Å²) < 4.78 is 14.7. The van der Waals surface area contributed by atoms with Gasteiger partial charge in [0.05, 0.1) is 0 Å². The highest BCUT2D eigenvalue weighted by Gasteiger charge is 2.45. The Morgan fingerprint density at radius 3 is 2.80 bits per heavy atom. The molecule has 1 aliphatic heterocycles. The summed E-state index contributed by atoms with van der Waals surface area (Å²) in [5.74, 6) is -0.495. The molecule has 0 bridgehead atoms. The van der Waals surface area contributed by atoms with Gasteiger partial charge in [0.15, 0.2) is 11.5 Å². The van der Waals surface area contributed by atoms with E-state index in [1.165, 1.54) is 11.1 Å². The van der Waals surface area contributed by atoms with Crippen LogP contribution in [0.5, 0.6) is 0 Å². The largest absolute Gasteiger partial charge is 0.296 e. The van der Waals surface area contributed by atoms with E-state index in [1.54, 1.807) is 13.8 Å². The number of hydrogen-bond acceptors (Lipinski definition) is 2. The number of carbonyl (C=O) groups is 1. The van der Waals surface area contributed by atoms with E-state index < -0.39 is 5.67 Å². The van der Waals surface area contributed by atoms with Gasteiger partial charge in [0, 0.05) is 37.3 Å². The zero-order valence-electron chi connectivity index (χ0n) is 12.0. The number of ketones is 1. The summed E-state index contributed by atoms with van der Waals surface area (Å²) in [4.78, 5) is 14.0. The van der Waals surface area contributed by atoms with Crippen molar-refractivity contribution in [1.82, 2.24) is 4.90 Å². The lowest BCUT2D eigenvalue weighted by atomic mass is 9.92. The molecule has 4 heteroatoms. The molecule has 2 rings (SSSR count). The standard InChI is InChI=1S/C16H21BrFNO/c1-12(2)15(20)16(18)6-7-19(11-16)10-14-5-3-4-13(8-14)9-17/h3-5,8,12H,6-7,9-11H2,1-2H3. The van der Waals surface area contributed by atoms with Gasteiger partial charge in [-0.05, 0) is 11.1 Å². The van der Waals surface area contributed by atoms with E-state index in [0.717, 1.165) is 5.33 Å². The molecule has 1 aromatic carbocycles. The summed E-state index contributed by atoms with van der Waals surface area (Å²) in [5.41, 5.74) is 0.732. The van der Waals surface area contributed by atoms with Gasteiger partial charge in [0.1, 0.15) is 0 Å². The zero-order chi connectivity index (χ0) is 14.8. The SMILES string of the molecule is CC(C)C(=O)C1(F)CCN(Cc2cccc(CBr)c2)C1. The van der Waals surface area contributed by atoms with Crippen LogP contribution in [-0.2, 0) is 16.7 Å². The smallest absolute Gasteiger partial charge is 0.182 e. The number of nitrogens with zero attached hydrogens (tertiary/aromatic N) is 1. The monoisotopic (exact) mass is 341 g/mol. The molecule has 0 amide bonds. The summed E-state index contributed by atoms with van der Waals surface area (Å²) in [6.45, 7) is 5.12. The zero-order valence-corrected chi connectivity index (χ0v) is 13.6. The third-order valence-electron chi connectivity index (χ3n) is 3.82. The second kappa shape index (κ2) is 6.35. The molecule has 0 N–H and O–H groups in total. The van der Waals surface area contributed by atoms with Crippen molar-refractivity contribution in [3.63, 3.8) is 0 Å². The Morgan fingerprint density at radius 2 is 2.15 bits per heavy atom. The molecular weight excluding hydrogens is 321 g/mol. The maximum Gasteiger partial charge on any atom is 0.182 e. The Labute approximate surface area is 128 Å². The first-order valence-electron chi connectivity index (χ1n) is 7.04. The van der Waals surface area contributed by atoms with Crippen molar-refractivity contribution >= 4 is 21.7 Å². The van der Waals surface area contributed by atoms with Crippen molar-refractivity contribution in [2.75, 3.05) is 13.1 Å². The van der Waals surface area contributed by atoms with Crippen molar-refractivity contribution in [3.8, 4) is 0 Å². The second-order valence-corrected chi connectivity index (χ2v) is 6.46. The molecule has 1 unspecified atom stereocenters. The maximum atomic E-state index is 14.7. The maximum absolute atomic E-state index is 14.7. The lowest BCUT2D eigenvalue weighted by Gasteiger charge is -2.21. The number of benzene rings is 1. The Hall–Kier alpha value is -0.740. The summed E-state index contributed by atoms with van der Waals surface area (Å²) in [6, 6.07) is 8.25. The Balaban J connectivity index is 2.01. The first kappa shape index (κ1) is 15.6. The van der Waals surface area contributed by atoms with E-state index in [-0.39, 0.29) is 18.2 Å². The summed E-state index contributed by atoms with van der Waals surface area (Å²) >= 11 is 3.44. The molecular formula is C16H21BrFNO. The predicted molar refractivity (Wildman–Crippen MR) is 82.7 cm³/mol. The number of carbonyl (C=O) groups excluding carboxylic acids is 1. The second-order valence-electron chi connectivity index (χ2n) is 5.90. The fourth-order valence-electron chi connectivity index (χ4n) is 2.77. The van der Waals surface area contributed by atoms with Gasteiger partial charge in [0.2, 0.25) is 0 Å². The predicted octanol–water partition coefficient (Wildman–Crippen LogP) is 3.72. The van der Waals surface area contributed by atoms with E-state index >= 15 is 0 Å². The molecule has 2 nitrogen and oxygen atoms in total. The van der Waals surface area contributed by atoms with E-state index in [9.17, 15) is 9.18 Å². The molecule has 0 aliphatic carbocycles. The molecule has 1 aliphatic rings. The van der Waals surface area contributed by atoms with Crippen LogP contribution in [0.25, 0.3) is 0 Å². The number of hydrogen-bond donors (Lipinski definition) is 0. The van der Waals surface area contributed by atoms with Crippen LogP contribution >= 0.6 is 15.9 Å². The average Bonchev–Trinajstić information content (AvgIpc) is 2.80. The number of alkyl halides is 2. The van der Waals surface area contributed by atoms with Crippen LogP contribution in [0, 0.1) is 5.92 Å². The Kier molecular flexibility index (Phi) is 4.97. The van der Waals surface area contributed by atoms with Crippen LogP contribution in [0.4, 0.5) is 4.39 Å². The van der Waals surface area contributed by atoms with Gasteiger partial charge in [0.25, 0.3) is 0 Å². The van der Waals surface area contributed by atoms with Crippen LogP contribution in [0.1, 0.15) is 31.4 Å². The van der Waals surface area contributed by atoms with Crippen LogP contribution in [-0.4, -0.2) is 29.4 Å². The fourth-order valence-corrected chi connectivity index (χ4v) is 3.12. The molecule has 20 heavy (non-hydrogen) atoms. The summed E-state index contributed by atoms with van der Waals surface area (Å²) in [5, 5.41) is 0.819. The van der Waals surface area contributed by atoms with E-state index in [2.05, 4.69) is 34.1 Å². The van der Waals surface area contributed by atoms with Gasteiger partial charge in [-0.15, -0.1) is 0 Å². The van der Waals surface area contributed by atoms with Gasteiger partial charge in [-0.3, -0.25) is 9.69 Å². The van der Waals surface area contributed by atoms with Crippen molar-refractivity contribution in [1.29, 1.82) is 0 Å². The van der Waals surface area contributed by atoms with E-state index in [0.29, 0.717) is 19.5 Å². The van der Waals surface area contributed by atoms with Crippen molar-refractivity contribution in [2.45, 2.75) is 37.8 Å². The molecule has 1 fully saturated rings. The van der Waals surface area contributed by atoms with E-state index in [1.807, 2.05) is 11.0 Å². The Morgan fingerprint density at radius 1 is 1.45 bits per heavy atom. The number of likely N-dealkylation sites (tertiary alicyclic amines) is 1. The van der Waals surface area contributed by atoms with Gasteiger partial charge in [-0.2, -0.15) is 0 Å². The number of Topliss-reactive ketones (excluding diaryl/α,β-unsaturated/α-hetero) is 1. The molecule has 110 valence electrons. The van der Waals surface area contributed by atoms with Gasteiger partial charge in [-0.25, -0.2) is 4.39 Å². The average molecular weight is 342 g/mol. The minimum absolute atomic E-state index is 0.225. The first-order chi connectivity index (χ1) is 9.44. The molecule has 0 radical (unpaired) electrons. The first-order valence-corrected chi connectivity index (χ1v) is 8.16. The van der Waals surface area contributed by atoms with Crippen LogP contribution in [0.15, 0.2) is 24.3 Å². The fraction of sp³-hybridized carbons (Fsp3) is 0.562. The quantitative estimate of drug-likeness (QED) is 0.760.